The number of hydrogen-bond acceptors (Lipinski definition) is 7. The van der Waals surface area contributed by atoms with Gasteiger partial charge in [0.15, 0.2) is 0 Å². The third-order valence-corrected chi connectivity index (χ3v) is 6.95. The van der Waals surface area contributed by atoms with Crippen LogP contribution in [-0.2, 0) is 11.2 Å². The Morgan fingerprint density at radius 2 is 1.82 bits per heavy atom. The summed E-state index contributed by atoms with van der Waals surface area (Å²) in [5.74, 6) is -0.635. The highest BCUT2D eigenvalue weighted by Gasteiger charge is 2.34. The molecule has 0 saturated carbocycles. The van der Waals surface area contributed by atoms with E-state index in [1.165, 1.54) is 16.8 Å². The molecule has 0 bridgehead atoms. The Morgan fingerprint density at radius 1 is 1.13 bits per heavy atom. The van der Waals surface area contributed by atoms with E-state index in [0.29, 0.717) is 25.1 Å². The smallest absolute Gasteiger partial charge is 0.410 e. The molecule has 1 aromatic heterocycles. The Morgan fingerprint density at radius 3 is 2.42 bits per heavy atom. The summed E-state index contributed by atoms with van der Waals surface area (Å²) in [4.78, 5) is 34.9. The molecule has 2 aromatic rings. The van der Waals surface area contributed by atoms with Gasteiger partial charge in [0.25, 0.3) is 5.91 Å². The Kier molecular flexibility index (Phi) is 8.40. The summed E-state index contributed by atoms with van der Waals surface area (Å²) >= 11 is 0. The van der Waals surface area contributed by atoms with Crippen molar-refractivity contribution in [3.05, 3.63) is 53.3 Å². The molecule has 2 fully saturated rings. The lowest BCUT2D eigenvalue weighted by Crippen LogP contribution is -2.51. The van der Waals surface area contributed by atoms with Crippen LogP contribution in [-0.4, -0.2) is 90.9 Å². The van der Waals surface area contributed by atoms with Gasteiger partial charge in [-0.3, -0.25) is 9.78 Å². The van der Waals surface area contributed by atoms with Gasteiger partial charge in [-0.05, 0) is 58.0 Å². The van der Waals surface area contributed by atoms with Crippen molar-refractivity contribution in [1.29, 1.82) is 0 Å². The molecule has 38 heavy (non-hydrogen) atoms. The van der Waals surface area contributed by atoms with E-state index in [4.69, 9.17) is 10.5 Å². The number of hydrogen-bond donors (Lipinski definition) is 2. The number of pyridine rings is 1. The van der Waals surface area contributed by atoms with Crippen molar-refractivity contribution in [3.8, 4) is 0 Å². The molecule has 2 saturated heterocycles. The normalized spacial score (nSPS) is 20.8. The largest absolute Gasteiger partial charge is 0.444 e. The topological polar surface area (TPSA) is 104 Å². The monoisotopic (exact) mass is 526 g/mol. The molecular formula is C28H39FN6O3. The molecule has 1 aromatic carbocycles. The highest BCUT2D eigenvalue weighted by atomic mass is 19.1. The molecule has 0 spiro atoms. The van der Waals surface area contributed by atoms with Gasteiger partial charge in [-0.2, -0.15) is 0 Å². The number of piperidine rings is 1. The van der Waals surface area contributed by atoms with E-state index in [1.54, 1.807) is 26.8 Å². The number of benzene rings is 1. The van der Waals surface area contributed by atoms with Crippen LogP contribution in [0.25, 0.3) is 0 Å². The van der Waals surface area contributed by atoms with Crippen molar-refractivity contribution in [2.75, 3.05) is 56.5 Å². The third kappa shape index (κ3) is 7.12. The maximum absolute atomic E-state index is 15.1. The summed E-state index contributed by atoms with van der Waals surface area (Å²) < 4.78 is 20.5. The number of amides is 2. The molecule has 2 aliphatic rings. The number of carbonyl (C=O) groups is 2. The van der Waals surface area contributed by atoms with Crippen LogP contribution in [0, 0.1) is 0 Å². The number of halogens is 1. The third-order valence-electron chi connectivity index (χ3n) is 6.95. The zero-order chi connectivity index (χ0) is 27.4. The fourth-order valence-electron chi connectivity index (χ4n) is 4.77. The number of nitrogens with one attached hydrogen (secondary N) is 1. The predicted octanol–water partition coefficient (Wildman–Crippen LogP) is 3.28. The molecule has 3 heterocycles. The van der Waals surface area contributed by atoms with E-state index >= 15 is 4.39 Å². The molecule has 2 aliphatic heterocycles. The highest BCUT2D eigenvalue weighted by molar-refractivity contribution is 5.98. The Labute approximate surface area is 224 Å². The van der Waals surface area contributed by atoms with E-state index in [2.05, 4.69) is 51.4 Å². The maximum Gasteiger partial charge on any atom is 0.410 e. The molecule has 0 unspecified atom stereocenters. The second-order valence-electron chi connectivity index (χ2n) is 11.2. The van der Waals surface area contributed by atoms with Crippen molar-refractivity contribution in [1.82, 2.24) is 14.8 Å². The van der Waals surface area contributed by atoms with E-state index in [0.717, 1.165) is 37.4 Å². The van der Waals surface area contributed by atoms with Crippen LogP contribution in [0.2, 0.25) is 0 Å². The molecule has 4 rings (SSSR count). The van der Waals surface area contributed by atoms with Crippen LogP contribution < -0.4 is 16.0 Å². The number of likely N-dealkylation sites (N-methyl/N-ethyl adjacent to an activating group) is 1. The lowest BCUT2D eigenvalue weighted by Gasteiger charge is -2.36. The average Bonchev–Trinajstić information content (AvgIpc) is 2.85. The number of piperazine rings is 1. The van der Waals surface area contributed by atoms with Gasteiger partial charge in [0.2, 0.25) is 0 Å². The number of nitrogens with zero attached hydrogens (tertiary/aromatic N) is 4. The SMILES string of the molecule is CN1CCN(c2ccc(Cc3cc(N[C@@H]4CCN(C(=O)OC(C)(C)C)C[C@@H]4F)c(C(N)=O)cn3)cc2)CC1. The maximum atomic E-state index is 15.1. The van der Waals surface area contributed by atoms with Crippen LogP contribution in [0.5, 0.6) is 0 Å². The number of anilines is 2. The summed E-state index contributed by atoms with van der Waals surface area (Å²) in [5.41, 5.74) is 8.63. The molecule has 0 radical (unpaired) electrons. The number of nitrogens with two attached hydrogens (primary N) is 1. The molecule has 10 heteroatoms. The number of likely N-dealkylation sites (tertiary alicyclic amines) is 1. The standard InChI is InChI=1S/C28H39FN6O3/c1-28(2,3)38-27(37)35-10-9-24(23(29)18-35)32-25-16-20(31-17-22(25)26(30)36)15-19-5-7-21(8-6-19)34-13-11-33(4)12-14-34/h5-8,16-17,23-24H,9-15,18H2,1-4H3,(H2,30,36)(H,31,32)/t23-,24+/m0/s1. The molecular weight excluding hydrogens is 487 g/mol. The van der Waals surface area contributed by atoms with Crippen LogP contribution in [0.15, 0.2) is 36.5 Å². The molecule has 2 atom stereocenters. The summed E-state index contributed by atoms with van der Waals surface area (Å²) in [5, 5.41) is 3.16. The Hall–Kier alpha value is -3.40. The fourth-order valence-corrected chi connectivity index (χ4v) is 4.77. The number of rotatable bonds is 6. The molecule has 2 amide bonds. The first-order chi connectivity index (χ1) is 18.0. The lowest BCUT2D eigenvalue weighted by molar-refractivity contribution is 0.0125. The molecule has 206 valence electrons. The van der Waals surface area contributed by atoms with E-state index < -0.39 is 29.8 Å². The van der Waals surface area contributed by atoms with Crippen LogP contribution >= 0.6 is 0 Å². The number of carbonyl (C=O) groups excluding carboxylic acids is 2. The minimum Gasteiger partial charge on any atom is -0.444 e. The highest BCUT2D eigenvalue weighted by Crippen LogP contribution is 2.25. The van der Waals surface area contributed by atoms with Crippen molar-refractivity contribution in [2.24, 2.45) is 5.73 Å². The Bertz CT molecular complexity index is 1130. The second-order valence-corrected chi connectivity index (χ2v) is 11.2. The number of aromatic nitrogens is 1. The summed E-state index contributed by atoms with van der Waals surface area (Å²) in [6, 6.07) is 9.63. The number of alkyl halides is 1. The van der Waals surface area contributed by atoms with Gasteiger partial charge in [0.05, 0.1) is 23.8 Å². The van der Waals surface area contributed by atoms with E-state index in [9.17, 15) is 9.59 Å². The van der Waals surface area contributed by atoms with Gasteiger partial charge in [0, 0.05) is 56.7 Å². The van der Waals surface area contributed by atoms with Crippen molar-refractivity contribution in [2.45, 2.75) is 51.4 Å². The molecule has 0 aliphatic carbocycles. The van der Waals surface area contributed by atoms with Gasteiger partial charge < -0.3 is 30.5 Å². The van der Waals surface area contributed by atoms with E-state index in [-0.39, 0.29) is 12.1 Å². The predicted molar refractivity (Wildman–Crippen MR) is 146 cm³/mol. The first kappa shape index (κ1) is 27.6. The molecule has 3 N–H and O–H groups in total. The minimum absolute atomic E-state index is 0.0872. The van der Waals surface area contributed by atoms with E-state index in [1.807, 2.05) is 0 Å². The van der Waals surface area contributed by atoms with Crippen LogP contribution in [0.4, 0.5) is 20.6 Å². The van der Waals surface area contributed by atoms with Gasteiger partial charge in [-0.1, -0.05) is 12.1 Å². The minimum atomic E-state index is -1.34. The average molecular weight is 527 g/mol. The van der Waals surface area contributed by atoms with Gasteiger partial charge in [-0.25, -0.2) is 9.18 Å². The van der Waals surface area contributed by atoms with Crippen LogP contribution in [0.3, 0.4) is 0 Å². The second kappa shape index (κ2) is 11.6. The zero-order valence-electron chi connectivity index (χ0n) is 22.7. The van der Waals surface area contributed by atoms with Crippen molar-refractivity contribution in [3.63, 3.8) is 0 Å². The fraction of sp³-hybridized carbons (Fsp3) is 0.536. The summed E-state index contributed by atoms with van der Waals surface area (Å²) in [6.07, 6.45) is 0.510. The first-order valence-electron chi connectivity index (χ1n) is 13.2. The van der Waals surface area contributed by atoms with Gasteiger partial charge >= 0.3 is 6.09 Å². The van der Waals surface area contributed by atoms with Crippen molar-refractivity contribution < 1.29 is 18.7 Å². The van der Waals surface area contributed by atoms with Crippen LogP contribution in [0.1, 0.15) is 48.8 Å². The van der Waals surface area contributed by atoms with Gasteiger partial charge in [-0.15, -0.1) is 0 Å². The van der Waals surface area contributed by atoms with Gasteiger partial charge in [0.1, 0.15) is 11.8 Å². The lowest BCUT2D eigenvalue weighted by atomic mass is 10.0. The molecule has 9 nitrogen and oxygen atoms in total. The van der Waals surface area contributed by atoms with Crippen molar-refractivity contribution >= 4 is 23.4 Å². The quantitative estimate of drug-likeness (QED) is 0.595. The number of primary amides is 1. The summed E-state index contributed by atoms with van der Waals surface area (Å²) in [7, 11) is 2.14. The summed E-state index contributed by atoms with van der Waals surface area (Å²) in [6.45, 7) is 9.70. The first-order valence-corrected chi connectivity index (χ1v) is 13.2. The Balaban J connectivity index is 1.42. The number of ether oxygens (including phenoxy) is 1. The zero-order valence-corrected chi connectivity index (χ0v) is 22.7.